The first-order chi connectivity index (χ1) is 13.0. The first-order valence-electron chi connectivity index (χ1n) is 9.71. The van der Waals surface area contributed by atoms with Crippen molar-refractivity contribution in [3.63, 3.8) is 0 Å². The summed E-state index contributed by atoms with van der Waals surface area (Å²) in [6.45, 7) is 8.30. The zero-order valence-electron chi connectivity index (χ0n) is 17.0. The van der Waals surface area contributed by atoms with E-state index in [-0.39, 0.29) is 12.6 Å². The molecule has 1 aromatic carbocycles. The Kier molecular flexibility index (Phi) is 10.8. The monoisotopic (exact) mass is 372 g/mol. The lowest BCUT2D eigenvalue weighted by Gasteiger charge is -2.14. The molecule has 0 heterocycles. The molecule has 0 aliphatic rings. The minimum atomic E-state index is -0.401. The van der Waals surface area contributed by atoms with Crippen molar-refractivity contribution >= 4 is 11.9 Å². The summed E-state index contributed by atoms with van der Waals surface area (Å²) >= 11 is 0. The van der Waals surface area contributed by atoms with Crippen LogP contribution in [0.3, 0.4) is 0 Å². The van der Waals surface area contributed by atoms with Crippen molar-refractivity contribution < 1.29 is 19.1 Å². The van der Waals surface area contributed by atoms with Crippen LogP contribution in [0.2, 0.25) is 0 Å². The van der Waals surface area contributed by atoms with Gasteiger partial charge in [0.2, 0.25) is 0 Å². The molecule has 148 valence electrons. The summed E-state index contributed by atoms with van der Waals surface area (Å²) in [6.07, 6.45) is 7.58. The number of benzene rings is 1. The van der Waals surface area contributed by atoms with Crippen LogP contribution in [0.25, 0.3) is 0 Å². The molecule has 0 aliphatic heterocycles. The number of rotatable bonds is 11. The second kappa shape index (κ2) is 12.9. The van der Waals surface area contributed by atoms with E-state index in [1.807, 2.05) is 30.3 Å². The van der Waals surface area contributed by atoms with E-state index in [1.54, 1.807) is 26.0 Å². The lowest BCUT2D eigenvalue weighted by Crippen LogP contribution is -2.14. The maximum atomic E-state index is 12.1. The van der Waals surface area contributed by atoms with Gasteiger partial charge >= 0.3 is 11.9 Å². The zero-order valence-corrected chi connectivity index (χ0v) is 17.0. The first kappa shape index (κ1) is 22.7. The minimum Gasteiger partial charge on any atom is -0.462 e. The number of hydrogen-bond acceptors (Lipinski definition) is 4. The van der Waals surface area contributed by atoms with Gasteiger partial charge in [-0.2, -0.15) is 0 Å². The van der Waals surface area contributed by atoms with E-state index in [0.29, 0.717) is 23.7 Å². The smallest absolute Gasteiger partial charge is 0.334 e. The molecule has 1 aromatic rings. The fourth-order valence-corrected chi connectivity index (χ4v) is 2.43. The van der Waals surface area contributed by atoms with E-state index >= 15 is 0 Å². The molecular weight excluding hydrogens is 340 g/mol. The van der Waals surface area contributed by atoms with Crippen LogP contribution in [0, 0.1) is 5.92 Å². The van der Waals surface area contributed by atoms with Crippen molar-refractivity contribution in [3.05, 3.63) is 59.2 Å². The fourth-order valence-electron chi connectivity index (χ4n) is 2.43. The Morgan fingerprint density at radius 1 is 0.963 bits per heavy atom. The largest absolute Gasteiger partial charge is 0.462 e. The highest BCUT2D eigenvalue weighted by Crippen LogP contribution is 2.14. The summed E-state index contributed by atoms with van der Waals surface area (Å²) in [6, 6.07) is 9.51. The van der Waals surface area contributed by atoms with Gasteiger partial charge in [-0.05, 0) is 31.7 Å². The van der Waals surface area contributed by atoms with E-state index in [4.69, 9.17) is 9.47 Å². The predicted octanol–water partition coefficient (Wildman–Crippen LogP) is 5.38. The van der Waals surface area contributed by atoms with E-state index in [2.05, 4.69) is 13.8 Å². The van der Waals surface area contributed by atoms with E-state index < -0.39 is 5.97 Å². The second-order valence-electron chi connectivity index (χ2n) is 6.78. The van der Waals surface area contributed by atoms with Gasteiger partial charge in [-0.1, -0.05) is 75.6 Å². The molecular formula is C23H32O4. The van der Waals surface area contributed by atoms with E-state index in [9.17, 15) is 9.59 Å². The zero-order chi connectivity index (χ0) is 20.1. The molecule has 0 saturated carbocycles. The summed E-state index contributed by atoms with van der Waals surface area (Å²) in [7, 11) is 0. The molecule has 0 aromatic heterocycles. The molecule has 0 radical (unpaired) electrons. The van der Waals surface area contributed by atoms with Crippen molar-refractivity contribution in [2.45, 2.75) is 60.0 Å². The molecule has 1 unspecified atom stereocenters. The van der Waals surface area contributed by atoms with Gasteiger partial charge in [0.15, 0.2) is 0 Å². The van der Waals surface area contributed by atoms with Gasteiger partial charge in [-0.15, -0.1) is 0 Å². The molecule has 4 nitrogen and oxygen atoms in total. The molecule has 1 atom stereocenters. The average molecular weight is 373 g/mol. The molecule has 0 aliphatic carbocycles. The van der Waals surface area contributed by atoms with Crippen molar-refractivity contribution in [3.8, 4) is 0 Å². The lowest BCUT2D eigenvalue weighted by atomic mass is 10.0. The second-order valence-corrected chi connectivity index (χ2v) is 6.78. The summed E-state index contributed by atoms with van der Waals surface area (Å²) in [5.74, 6) is -0.333. The number of esters is 2. The third-order valence-corrected chi connectivity index (χ3v) is 4.43. The molecule has 0 saturated heterocycles. The Morgan fingerprint density at radius 3 is 2.11 bits per heavy atom. The van der Waals surface area contributed by atoms with Crippen molar-refractivity contribution in [2.75, 3.05) is 6.61 Å². The fraction of sp³-hybridized carbons (Fsp3) is 0.478. The average Bonchev–Trinajstić information content (AvgIpc) is 2.70. The van der Waals surface area contributed by atoms with Crippen LogP contribution in [-0.2, 0) is 25.7 Å². The highest BCUT2D eigenvalue weighted by atomic mass is 16.5. The quantitative estimate of drug-likeness (QED) is 0.297. The van der Waals surface area contributed by atoms with Gasteiger partial charge in [-0.3, -0.25) is 0 Å². The normalized spacial score (nSPS) is 13.2. The van der Waals surface area contributed by atoms with Gasteiger partial charge in [0.1, 0.15) is 6.61 Å². The third kappa shape index (κ3) is 9.23. The molecule has 1 rings (SSSR count). The number of ether oxygens (including phenoxy) is 2. The van der Waals surface area contributed by atoms with Crippen molar-refractivity contribution in [1.82, 2.24) is 0 Å². The Morgan fingerprint density at radius 2 is 1.56 bits per heavy atom. The van der Waals surface area contributed by atoms with E-state index in [1.165, 1.54) is 0 Å². The van der Waals surface area contributed by atoms with Gasteiger partial charge in [0.05, 0.1) is 6.61 Å². The maximum absolute atomic E-state index is 12.1. The maximum Gasteiger partial charge on any atom is 0.334 e. The highest BCUT2D eigenvalue weighted by Gasteiger charge is 2.11. The van der Waals surface area contributed by atoms with Crippen LogP contribution in [-0.4, -0.2) is 18.5 Å². The topological polar surface area (TPSA) is 52.6 Å². The third-order valence-electron chi connectivity index (χ3n) is 4.43. The Labute approximate surface area is 163 Å². The first-order valence-corrected chi connectivity index (χ1v) is 9.71. The van der Waals surface area contributed by atoms with Gasteiger partial charge in [-0.25, -0.2) is 9.59 Å². The predicted molar refractivity (Wildman–Crippen MR) is 108 cm³/mol. The molecule has 0 spiro atoms. The van der Waals surface area contributed by atoms with Crippen molar-refractivity contribution in [2.24, 2.45) is 5.92 Å². The van der Waals surface area contributed by atoms with E-state index in [0.717, 1.165) is 31.2 Å². The molecule has 0 amide bonds. The molecule has 0 bridgehead atoms. The summed E-state index contributed by atoms with van der Waals surface area (Å²) < 4.78 is 10.7. The molecule has 27 heavy (non-hydrogen) atoms. The number of carbonyl (C=O) groups excluding carboxylic acids is 2. The number of allylic oxidation sites excluding steroid dienone is 2. The number of unbranched alkanes of at least 4 members (excludes halogenated alkanes) is 1. The molecule has 0 N–H and O–H groups in total. The Balaban J connectivity index is 2.48. The standard InChI is InChI=1S/C23H32O4/c1-5-7-11-20(6-2)16-26-22(24)18(3)14-15-19(4)23(25)27-17-21-12-9-8-10-13-21/h8-10,12-15,20H,5-7,11,16-17H2,1-4H3/b18-14+,19-15+. The van der Waals surface area contributed by atoms with Gasteiger partial charge in [0, 0.05) is 11.1 Å². The van der Waals surface area contributed by atoms with Crippen LogP contribution < -0.4 is 0 Å². The minimum absolute atomic E-state index is 0.228. The SMILES string of the molecule is CCCCC(CC)COC(=O)/C(C)=C/C=C(\C)C(=O)OCc1ccccc1. The summed E-state index contributed by atoms with van der Waals surface area (Å²) in [4.78, 5) is 24.1. The van der Waals surface area contributed by atoms with Crippen LogP contribution in [0.1, 0.15) is 58.9 Å². The highest BCUT2D eigenvalue weighted by molar-refractivity contribution is 5.90. The van der Waals surface area contributed by atoms with Crippen LogP contribution in [0.5, 0.6) is 0 Å². The summed E-state index contributed by atoms with van der Waals surface area (Å²) in [5, 5.41) is 0. The van der Waals surface area contributed by atoms with Gasteiger partial charge in [0.25, 0.3) is 0 Å². The Bertz CT molecular complexity index is 644. The molecule has 0 fully saturated rings. The molecule has 4 heteroatoms. The summed E-state index contributed by atoms with van der Waals surface area (Å²) in [5.41, 5.74) is 1.84. The number of carbonyl (C=O) groups is 2. The van der Waals surface area contributed by atoms with Gasteiger partial charge < -0.3 is 9.47 Å². The van der Waals surface area contributed by atoms with Crippen LogP contribution in [0.15, 0.2) is 53.6 Å². The number of hydrogen-bond donors (Lipinski definition) is 0. The van der Waals surface area contributed by atoms with Crippen LogP contribution in [0.4, 0.5) is 0 Å². The van der Waals surface area contributed by atoms with Crippen LogP contribution >= 0.6 is 0 Å². The Hall–Kier alpha value is -2.36. The van der Waals surface area contributed by atoms with Crippen molar-refractivity contribution in [1.29, 1.82) is 0 Å². The lowest BCUT2D eigenvalue weighted by molar-refractivity contribution is -0.141.